The van der Waals surface area contributed by atoms with Gasteiger partial charge in [0.05, 0.1) is 5.69 Å². The van der Waals surface area contributed by atoms with Gasteiger partial charge in [-0.3, -0.25) is 4.57 Å². The summed E-state index contributed by atoms with van der Waals surface area (Å²) in [4.78, 5) is 4.56. The highest BCUT2D eigenvalue weighted by Crippen LogP contribution is 2.26. The van der Waals surface area contributed by atoms with E-state index in [0.717, 1.165) is 15.2 Å². The standard InChI is InChI=1S/C12H14N4S3/c1-17-11-15-14-10(13-12(18-2)19-3)16(11)9-7-5-4-6-8-9/h4-8H,1-3H3. The van der Waals surface area contributed by atoms with Gasteiger partial charge in [0, 0.05) is 0 Å². The maximum absolute atomic E-state index is 4.56. The van der Waals surface area contributed by atoms with Gasteiger partial charge in [-0.1, -0.05) is 30.0 Å². The van der Waals surface area contributed by atoms with Gasteiger partial charge in [0.15, 0.2) is 5.16 Å². The smallest absolute Gasteiger partial charge is 0.255 e. The minimum Gasteiger partial charge on any atom is -0.255 e. The van der Waals surface area contributed by atoms with Crippen LogP contribution < -0.4 is 0 Å². The molecule has 2 aromatic rings. The van der Waals surface area contributed by atoms with Crippen LogP contribution in [0.5, 0.6) is 0 Å². The average Bonchev–Trinajstić information content (AvgIpc) is 2.88. The fourth-order valence-corrected chi connectivity index (χ4v) is 3.03. The van der Waals surface area contributed by atoms with Crippen molar-refractivity contribution in [2.75, 3.05) is 18.8 Å². The molecular formula is C12H14N4S3. The highest BCUT2D eigenvalue weighted by Gasteiger charge is 2.13. The topological polar surface area (TPSA) is 43.1 Å². The molecule has 0 atom stereocenters. The minimum absolute atomic E-state index is 0.620. The molecule has 0 aliphatic rings. The van der Waals surface area contributed by atoms with E-state index >= 15 is 0 Å². The molecule has 0 radical (unpaired) electrons. The van der Waals surface area contributed by atoms with Gasteiger partial charge in [0.1, 0.15) is 4.38 Å². The largest absolute Gasteiger partial charge is 0.257 e. The molecule has 0 saturated carbocycles. The highest BCUT2D eigenvalue weighted by atomic mass is 32.2. The zero-order valence-electron chi connectivity index (χ0n) is 10.9. The lowest BCUT2D eigenvalue weighted by Crippen LogP contribution is -1.96. The lowest BCUT2D eigenvalue weighted by molar-refractivity contribution is 0.887. The van der Waals surface area contributed by atoms with Crippen LogP contribution in [0.25, 0.3) is 5.69 Å². The Morgan fingerprint density at radius 1 is 1.05 bits per heavy atom. The number of aliphatic imine (C=N–C) groups is 1. The van der Waals surface area contributed by atoms with E-state index in [-0.39, 0.29) is 0 Å². The molecule has 1 aromatic carbocycles. The van der Waals surface area contributed by atoms with Crippen LogP contribution in [0, 0.1) is 0 Å². The summed E-state index contributed by atoms with van der Waals surface area (Å²) in [6, 6.07) is 10.0. The summed E-state index contributed by atoms with van der Waals surface area (Å²) in [7, 11) is 0. The number of hydrogen-bond donors (Lipinski definition) is 0. The summed E-state index contributed by atoms with van der Waals surface area (Å²) in [5.74, 6) is 0.620. The molecule has 100 valence electrons. The molecule has 4 nitrogen and oxygen atoms in total. The predicted molar refractivity (Wildman–Crippen MR) is 87.3 cm³/mol. The van der Waals surface area contributed by atoms with Crippen LogP contribution in [0.2, 0.25) is 0 Å². The molecule has 0 bridgehead atoms. The monoisotopic (exact) mass is 310 g/mol. The summed E-state index contributed by atoms with van der Waals surface area (Å²) in [6.07, 6.45) is 6.00. The van der Waals surface area contributed by atoms with Gasteiger partial charge in [-0.05, 0) is 30.9 Å². The summed E-state index contributed by atoms with van der Waals surface area (Å²) in [6.45, 7) is 0. The third-order valence-corrected chi connectivity index (χ3v) is 4.86. The molecule has 0 aliphatic carbocycles. The van der Waals surface area contributed by atoms with Crippen molar-refractivity contribution in [3.8, 4) is 5.69 Å². The second-order valence-corrected chi connectivity index (χ2v) is 6.07. The molecule has 0 N–H and O–H groups in total. The van der Waals surface area contributed by atoms with Gasteiger partial charge in [0.25, 0.3) is 5.95 Å². The van der Waals surface area contributed by atoms with E-state index in [2.05, 4.69) is 15.2 Å². The number of benzene rings is 1. The zero-order chi connectivity index (χ0) is 13.7. The first kappa shape index (κ1) is 14.5. The van der Waals surface area contributed by atoms with Gasteiger partial charge in [0.2, 0.25) is 0 Å². The van der Waals surface area contributed by atoms with E-state index in [1.165, 1.54) is 0 Å². The molecule has 1 heterocycles. The lowest BCUT2D eigenvalue weighted by Gasteiger charge is -2.06. The Balaban J connectivity index is 2.52. The Bertz CT molecular complexity index is 560. The van der Waals surface area contributed by atoms with Crippen LogP contribution in [-0.2, 0) is 0 Å². The summed E-state index contributed by atoms with van der Waals surface area (Å²) in [5.41, 5.74) is 1.03. The first-order chi connectivity index (χ1) is 9.30. The Morgan fingerprint density at radius 3 is 2.32 bits per heavy atom. The highest BCUT2D eigenvalue weighted by molar-refractivity contribution is 8.38. The van der Waals surface area contributed by atoms with Crippen LogP contribution in [0.4, 0.5) is 5.95 Å². The van der Waals surface area contributed by atoms with Crippen molar-refractivity contribution in [1.82, 2.24) is 14.8 Å². The maximum Gasteiger partial charge on any atom is 0.257 e. The molecule has 0 saturated heterocycles. The molecular weight excluding hydrogens is 296 g/mol. The van der Waals surface area contributed by atoms with Crippen LogP contribution in [0.1, 0.15) is 0 Å². The molecule has 19 heavy (non-hydrogen) atoms. The summed E-state index contributed by atoms with van der Waals surface area (Å²) in [5, 5.41) is 9.20. The summed E-state index contributed by atoms with van der Waals surface area (Å²) >= 11 is 4.78. The Morgan fingerprint density at radius 2 is 1.74 bits per heavy atom. The fourth-order valence-electron chi connectivity index (χ4n) is 1.53. The Labute approximate surface area is 125 Å². The molecule has 0 fully saturated rings. The molecule has 1 aromatic heterocycles. The lowest BCUT2D eigenvalue weighted by atomic mass is 10.3. The zero-order valence-corrected chi connectivity index (χ0v) is 13.3. The van der Waals surface area contributed by atoms with Crippen molar-refractivity contribution >= 4 is 45.6 Å². The van der Waals surface area contributed by atoms with Crippen molar-refractivity contribution in [2.45, 2.75) is 5.16 Å². The van der Waals surface area contributed by atoms with E-state index in [9.17, 15) is 0 Å². The van der Waals surface area contributed by atoms with Gasteiger partial charge < -0.3 is 0 Å². The van der Waals surface area contributed by atoms with E-state index in [1.807, 2.05) is 53.7 Å². The predicted octanol–water partition coefficient (Wildman–Crippen LogP) is 3.70. The maximum atomic E-state index is 4.56. The van der Waals surface area contributed by atoms with Crippen molar-refractivity contribution < 1.29 is 0 Å². The second-order valence-electron chi connectivity index (χ2n) is 3.44. The van der Waals surface area contributed by atoms with Gasteiger partial charge in [-0.2, -0.15) is 4.99 Å². The third kappa shape index (κ3) is 3.34. The van der Waals surface area contributed by atoms with Gasteiger partial charge in [-0.25, -0.2) is 0 Å². The van der Waals surface area contributed by atoms with Crippen LogP contribution in [0.3, 0.4) is 0 Å². The van der Waals surface area contributed by atoms with E-state index in [0.29, 0.717) is 5.95 Å². The van der Waals surface area contributed by atoms with E-state index < -0.39 is 0 Å². The van der Waals surface area contributed by atoms with Crippen molar-refractivity contribution in [3.63, 3.8) is 0 Å². The SMILES string of the molecule is CSC(=Nc1nnc(SC)n1-c1ccccc1)SC. The number of para-hydroxylation sites is 1. The number of aromatic nitrogens is 3. The van der Waals surface area contributed by atoms with Crippen molar-refractivity contribution in [3.05, 3.63) is 30.3 Å². The number of nitrogens with zero attached hydrogens (tertiary/aromatic N) is 4. The van der Waals surface area contributed by atoms with E-state index in [4.69, 9.17) is 0 Å². The van der Waals surface area contributed by atoms with Crippen molar-refractivity contribution in [1.29, 1.82) is 0 Å². The quantitative estimate of drug-likeness (QED) is 0.491. The number of rotatable bonds is 3. The normalized spacial score (nSPS) is 10.5. The van der Waals surface area contributed by atoms with Crippen LogP contribution in [0.15, 0.2) is 40.5 Å². The van der Waals surface area contributed by atoms with Crippen molar-refractivity contribution in [2.24, 2.45) is 4.99 Å². The molecule has 0 aliphatic heterocycles. The van der Waals surface area contributed by atoms with Gasteiger partial charge >= 0.3 is 0 Å². The first-order valence-electron chi connectivity index (χ1n) is 5.51. The second kappa shape index (κ2) is 7.02. The van der Waals surface area contributed by atoms with Gasteiger partial charge in [-0.15, -0.1) is 33.7 Å². The molecule has 0 spiro atoms. The van der Waals surface area contributed by atoms with Crippen LogP contribution >= 0.6 is 35.3 Å². The Hall–Kier alpha value is -0.920. The summed E-state index contributed by atoms with van der Waals surface area (Å²) < 4.78 is 2.94. The number of hydrogen-bond acceptors (Lipinski definition) is 6. The van der Waals surface area contributed by atoms with E-state index in [1.54, 1.807) is 35.3 Å². The van der Waals surface area contributed by atoms with Crippen LogP contribution in [-0.4, -0.2) is 37.9 Å². The minimum atomic E-state index is 0.620. The fraction of sp³-hybridized carbons (Fsp3) is 0.250. The molecule has 0 amide bonds. The Kier molecular flexibility index (Phi) is 5.35. The third-order valence-electron chi connectivity index (χ3n) is 2.35. The molecule has 2 rings (SSSR count). The molecule has 7 heteroatoms. The average molecular weight is 310 g/mol. The first-order valence-corrected chi connectivity index (χ1v) is 9.19. The number of thioether (sulfide) groups is 3. The molecule has 0 unspecified atom stereocenters.